The summed E-state index contributed by atoms with van der Waals surface area (Å²) in [6, 6.07) is 0. The van der Waals surface area contributed by atoms with Crippen LogP contribution in [0.2, 0.25) is 0 Å². The maximum Gasteiger partial charge on any atom is 0.0570 e. The van der Waals surface area contributed by atoms with Crippen molar-refractivity contribution in [3.63, 3.8) is 0 Å². The Morgan fingerprint density at radius 2 is 1.90 bits per heavy atom. The Morgan fingerprint density at radius 1 is 1.20 bits per heavy atom. The van der Waals surface area contributed by atoms with Crippen molar-refractivity contribution in [2.75, 3.05) is 0 Å². The van der Waals surface area contributed by atoms with Crippen LogP contribution in [0.3, 0.4) is 0 Å². The number of rotatable bonds is 5. The maximum absolute atomic E-state index is 8.47. The average Bonchev–Trinajstić information content (AvgIpc) is 1.98. The van der Waals surface area contributed by atoms with Gasteiger partial charge in [0.1, 0.15) is 0 Å². The van der Waals surface area contributed by atoms with Gasteiger partial charge < -0.3 is 5.21 Å². The van der Waals surface area contributed by atoms with E-state index in [1.807, 2.05) is 0 Å². The maximum atomic E-state index is 8.47. The molecule has 0 unspecified atom stereocenters. The molecule has 0 rings (SSSR count). The summed E-state index contributed by atoms with van der Waals surface area (Å²) in [5, 5.41) is 11.7. The van der Waals surface area contributed by atoms with Gasteiger partial charge in [-0.15, -0.1) is 0 Å². The van der Waals surface area contributed by atoms with E-state index < -0.39 is 0 Å². The standard InChI is InChI=1S/C8H17NO/c1-3-5-7-8(9-10)6-4-2/h10H,3-7H2,1-2H3/b9-8-. The first-order chi connectivity index (χ1) is 4.85. The highest BCUT2D eigenvalue weighted by Crippen LogP contribution is 2.02. The molecule has 0 aliphatic rings. The van der Waals surface area contributed by atoms with Gasteiger partial charge >= 0.3 is 0 Å². The minimum Gasteiger partial charge on any atom is -0.411 e. The SMILES string of the molecule is CCCC/C(CCC)=N\O. The van der Waals surface area contributed by atoms with Crippen molar-refractivity contribution in [2.45, 2.75) is 46.0 Å². The van der Waals surface area contributed by atoms with Crippen LogP contribution in [0.1, 0.15) is 46.0 Å². The Labute approximate surface area is 62.9 Å². The number of nitrogens with zero attached hydrogens (tertiary/aromatic N) is 1. The van der Waals surface area contributed by atoms with Crippen molar-refractivity contribution >= 4 is 5.71 Å². The molecule has 0 aromatic carbocycles. The van der Waals surface area contributed by atoms with E-state index in [-0.39, 0.29) is 0 Å². The number of unbranched alkanes of at least 4 members (excludes halogenated alkanes) is 1. The molecule has 0 aliphatic heterocycles. The minimum atomic E-state index is 0.941. The van der Waals surface area contributed by atoms with Crippen molar-refractivity contribution in [3.05, 3.63) is 0 Å². The minimum absolute atomic E-state index is 0.941. The van der Waals surface area contributed by atoms with Gasteiger partial charge in [0, 0.05) is 0 Å². The zero-order valence-corrected chi connectivity index (χ0v) is 6.93. The third-order valence-corrected chi connectivity index (χ3v) is 1.50. The predicted molar refractivity (Wildman–Crippen MR) is 43.7 cm³/mol. The molecular weight excluding hydrogens is 126 g/mol. The molecule has 10 heavy (non-hydrogen) atoms. The normalized spacial score (nSPS) is 12.0. The zero-order chi connectivity index (χ0) is 7.82. The van der Waals surface area contributed by atoms with Crippen LogP contribution in [0, 0.1) is 0 Å². The molecule has 2 heteroatoms. The van der Waals surface area contributed by atoms with Crippen LogP contribution in [0.15, 0.2) is 5.16 Å². The molecule has 0 saturated heterocycles. The van der Waals surface area contributed by atoms with E-state index in [9.17, 15) is 0 Å². The van der Waals surface area contributed by atoms with Crippen LogP contribution >= 0.6 is 0 Å². The van der Waals surface area contributed by atoms with Crippen molar-refractivity contribution in [1.29, 1.82) is 0 Å². The van der Waals surface area contributed by atoms with E-state index in [0.717, 1.165) is 31.4 Å². The fourth-order valence-electron chi connectivity index (χ4n) is 0.894. The summed E-state index contributed by atoms with van der Waals surface area (Å²) in [7, 11) is 0. The zero-order valence-electron chi connectivity index (χ0n) is 6.93. The molecular formula is C8H17NO. The van der Waals surface area contributed by atoms with E-state index in [2.05, 4.69) is 19.0 Å². The summed E-state index contributed by atoms with van der Waals surface area (Å²) < 4.78 is 0. The van der Waals surface area contributed by atoms with E-state index >= 15 is 0 Å². The van der Waals surface area contributed by atoms with Crippen molar-refractivity contribution in [3.8, 4) is 0 Å². The lowest BCUT2D eigenvalue weighted by Gasteiger charge is -1.99. The third-order valence-electron chi connectivity index (χ3n) is 1.50. The first-order valence-electron chi connectivity index (χ1n) is 4.04. The van der Waals surface area contributed by atoms with Crippen molar-refractivity contribution < 1.29 is 5.21 Å². The van der Waals surface area contributed by atoms with Gasteiger partial charge in [0.05, 0.1) is 5.71 Å². The lowest BCUT2D eigenvalue weighted by Crippen LogP contribution is -1.96. The largest absolute Gasteiger partial charge is 0.411 e. The molecule has 0 spiro atoms. The molecule has 0 heterocycles. The number of oxime groups is 1. The topological polar surface area (TPSA) is 32.6 Å². The second-order valence-electron chi connectivity index (χ2n) is 2.52. The quantitative estimate of drug-likeness (QED) is 0.358. The van der Waals surface area contributed by atoms with Gasteiger partial charge in [0.2, 0.25) is 0 Å². The fourth-order valence-corrected chi connectivity index (χ4v) is 0.894. The molecule has 0 fully saturated rings. The molecule has 2 nitrogen and oxygen atoms in total. The van der Waals surface area contributed by atoms with Crippen LogP contribution in [-0.4, -0.2) is 10.9 Å². The molecule has 0 aromatic rings. The van der Waals surface area contributed by atoms with Crippen LogP contribution in [-0.2, 0) is 0 Å². The molecule has 0 aromatic heterocycles. The van der Waals surface area contributed by atoms with Gasteiger partial charge in [-0.2, -0.15) is 0 Å². The Hall–Kier alpha value is -0.530. The molecule has 0 bridgehead atoms. The second kappa shape index (κ2) is 6.59. The van der Waals surface area contributed by atoms with Gasteiger partial charge in [-0.1, -0.05) is 31.8 Å². The molecule has 0 aliphatic carbocycles. The van der Waals surface area contributed by atoms with Gasteiger partial charge in [0.15, 0.2) is 0 Å². The summed E-state index contributed by atoms with van der Waals surface area (Å²) in [6.07, 6.45) is 5.28. The lowest BCUT2D eigenvalue weighted by atomic mass is 10.1. The summed E-state index contributed by atoms with van der Waals surface area (Å²) >= 11 is 0. The van der Waals surface area contributed by atoms with Gasteiger partial charge in [-0.25, -0.2) is 0 Å². The summed E-state index contributed by atoms with van der Waals surface area (Å²) in [4.78, 5) is 0. The highest BCUT2D eigenvalue weighted by atomic mass is 16.4. The highest BCUT2D eigenvalue weighted by Gasteiger charge is 1.96. The first kappa shape index (κ1) is 9.47. The van der Waals surface area contributed by atoms with E-state index in [4.69, 9.17) is 5.21 Å². The Morgan fingerprint density at radius 3 is 2.30 bits per heavy atom. The first-order valence-corrected chi connectivity index (χ1v) is 4.04. The van der Waals surface area contributed by atoms with Crippen LogP contribution in [0.5, 0.6) is 0 Å². The average molecular weight is 143 g/mol. The highest BCUT2D eigenvalue weighted by molar-refractivity contribution is 5.83. The van der Waals surface area contributed by atoms with Crippen LogP contribution in [0.4, 0.5) is 0 Å². The Bertz CT molecular complexity index is 99.4. The second-order valence-corrected chi connectivity index (χ2v) is 2.52. The molecule has 0 atom stereocenters. The fraction of sp³-hybridized carbons (Fsp3) is 0.875. The van der Waals surface area contributed by atoms with E-state index in [0.29, 0.717) is 0 Å². The Balaban J connectivity index is 3.41. The predicted octanol–water partition coefficient (Wildman–Crippen LogP) is 2.81. The van der Waals surface area contributed by atoms with Gasteiger partial charge in [0.25, 0.3) is 0 Å². The summed E-state index contributed by atoms with van der Waals surface area (Å²) in [6.45, 7) is 4.23. The van der Waals surface area contributed by atoms with Crippen LogP contribution < -0.4 is 0 Å². The summed E-state index contributed by atoms with van der Waals surface area (Å²) in [5.74, 6) is 0. The smallest absolute Gasteiger partial charge is 0.0570 e. The lowest BCUT2D eigenvalue weighted by molar-refractivity contribution is 0.316. The molecule has 0 saturated carbocycles. The third kappa shape index (κ3) is 4.36. The van der Waals surface area contributed by atoms with E-state index in [1.165, 1.54) is 6.42 Å². The van der Waals surface area contributed by atoms with Crippen LogP contribution in [0.25, 0.3) is 0 Å². The molecule has 60 valence electrons. The Kier molecular flexibility index (Phi) is 6.24. The number of hydrogen-bond donors (Lipinski definition) is 1. The molecule has 0 amide bonds. The monoisotopic (exact) mass is 143 g/mol. The van der Waals surface area contributed by atoms with Crippen molar-refractivity contribution in [2.24, 2.45) is 5.16 Å². The summed E-state index contributed by atoms with van der Waals surface area (Å²) in [5.41, 5.74) is 0.948. The number of hydrogen-bond acceptors (Lipinski definition) is 2. The molecule has 0 radical (unpaired) electrons. The van der Waals surface area contributed by atoms with Gasteiger partial charge in [-0.3, -0.25) is 0 Å². The van der Waals surface area contributed by atoms with E-state index in [1.54, 1.807) is 0 Å². The van der Waals surface area contributed by atoms with Crippen molar-refractivity contribution in [1.82, 2.24) is 0 Å². The molecule has 1 N–H and O–H groups in total. The van der Waals surface area contributed by atoms with Gasteiger partial charge in [-0.05, 0) is 19.3 Å².